The second-order valence-corrected chi connectivity index (χ2v) is 5.23. The van der Waals surface area contributed by atoms with Gasteiger partial charge in [0.2, 0.25) is 5.91 Å². The lowest BCUT2D eigenvalue weighted by Gasteiger charge is -2.27. The molecule has 1 fully saturated rings. The number of aryl methyl sites for hydroxylation is 1. The van der Waals surface area contributed by atoms with E-state index in [1.807, 2.05) is 7.05 Å². The molecule has 2 rings (SSSR count). The minimum Gasteiger partial charge on any atom is -0.481 e. The number of aromatic nitrogens is 3. The van der Waals surface area contributed by atoms with Gasteiger partial charge in [0.15, 0.2) is 0 Å². The maximum Gasteiger partial charge on any atom is 0.307 e. The molecule has 1 aliphatic carbocycles. The number of hydrogen-bond donors (Lipinski definition) is 2. The molecule has 0 spiro atoms. The van der Waals surface area contributed by atoms with Crippen LogP contribution in [0.3, 0.4) is 0 Å². The van der Waals surface area contributed by atoms with Gasteiger partial charge in [0.25, 0.3) is 0 Å². The summed E-state index contributed by atoms with van der Waals surface area (Å²) in [6.07, 6.45) is 5.26. The molecule has 1 heterocycles. The summed E-state index contributed by atoms with van der Waals surface area (Å²) in [6.45, 7) is 0.453. The van der Waals surface area contributed by atoms with Crippen LogP contribution in [-0.2, 0) is 23.1 Å². The van der Waals surface area contributed by atoms with Crippen LogP contribution in [-0.4, -0.2) is 38.3 Å². The van der Waals surface area contributed by atoms with Crippen LogP contribution in [0.4, 0.5) is 0 Å². The Morgan fingerprint density at radius 2 is 2.10 bits per heavy atom. The normalized spacial score (nSPS) is 22.4. The Bertz CT molecular complexity index is 486. The van der Waals surface area contributed by atoms with Crippen LogP contribution in [0.15, 0.2) is 6.33 Å². The lowest BCUT2D eigenvalue weighted by Crippen LogP contribution is -2.40. The number of hydrogen-bond acceptors (Lipinski definition) is 4. The number of carboxylic acids is 1. The van der Waals surface area contributed by atoms with E-state index in [1.54, 1.807) is 10.9 Å². The Morgan fingerprint density at radius 3 is 2.70 bits per heavy atom. The van der Waals surface area contributed by atoms with Crippen molar-refractivity contribution in [3.63, 3.8) is 0 Å². The fraction of sp³-hybridized carbons (Fsp3) is 0.692. The molecule has 110 valence electrons. The molecule has 0 unspecified atom stereocenters. The molecule has 0 bridgehead atoms. The molecule has 0 radical (unpaired) electrons. The first-order chi connectivity index (χ1) is 9.59. The smallest absolute Gasteiger partial charge is 0.307 e. The van der Waals surface area contributed by atoms with Crippen LogP contribution in [0.5, 0.6) is 0 Å². The predicted molar refractivity (Wildman–Crippen MR) is 70.8 cm³/mol. The third-order valence-electron chi connectivity index (χ3n) is 3.87. The fourth-order valence-electron chi connectivity index (χ4n) is 2.70. The van der Waals surface area contributed by atoms with Crippen molar-refractivity contribution in [2.45, 2.75) is 32.1 Å². The van der Waals surface area contributed by atoms with Gasteiger partial charge in [-0.25, -0.2) is 0 Å². The van der Waals surface area contributed by atoms with Gasteiger partial charge in [-0.1, -0.05) is 12.8 Å². The average molecular weight is 280 g/mol. The first kappa shape index (κ1) is 14.5. The van der Waals surface area contributed by atoms with E-state index < -0.39 is 17.8 Å². The van der Waals surface area contributed by atoms with E-state index in [1.165, 1.54) is 0 Å². The summed E-state index contributed by atoms with van der Waals surface area (Å²) in [5.41, 5.74) is 0. The number of carbonyl (C=O) groups is 2. The molecule has 1 aliphatic rings. The zero-order valence-corrected chi connectivity index (χ0v) is 11.6. The van der Waals surface area contributed by atoms with Crippen molar-refractivity contribution in [1.29, 1.82) is 0 Å². The van der Waals surface area contributed by atoms with Gasteiger partial charge in [-0.15, -0.1) is 10.2 Å². The van der Waals surface area contributed by atoms with E-state index in [0.29, 0.717) is 25.8 Å². The minimum absolute atomic E-state index is 0.153. The predicted octanol–water partition coefficient (Wildman–Crippen LogP) is 0.365. The van der Waals surface area contributed by atoms with Gasteiger partial charge < -0.3 is 15.0 Å². The first-order valence-corrected chi connectivity index (χ1v) is 6.93. The van der Waals surface area contributed by atoms with E-state index in [9.17, 15) is 9.59 Å². The molecule has 1 aromatic heterocycles. The van der Waals surface area contributed by atoms with Crippen LogP contribution in [0.1, 0.15) is 31.5 Å². The van der Waals surface area contributed by atoms with Gasteiger partial charge in [0.1, 0.15) is 12.2 Å². The fourth-order valence-corrected chi connectivity index (χ4v) is 2.70. The SMILES string of the molecule is Cn1cnnc1CCNC(=O)[C@@H]1CCCC[C@@H]1C(=O)O. The van der Waals surface area contributed by atoms with Gasteiger partial charge in [-0.3, -0.25) is 9.59 Å². The highest BCUT2D eigenvalue weighted by Crippen LogP contribution is 2.30. The summed E-state index contributed by atoms with van der Waals surface area (Å²) in [5.74, 6) is -1.17. The molecule has 2 N–H and O–H groups in total. The topological polar surface area (TPSA) is 97.1 Å². The standard InChI is InChI=1S/C13H20N4O3/c1-17-8-15-16-11(17)6-7-14-12(18)9-4-2-3-5-10(9)13(19)20/h8-10H,2-7H2,1H3,(H,14,18)(H,19,20)/t9-,10+/m1/s1. The minimum atomic E-state index is -0.863. The molecule has 7 nitrogen and oxygen atoms in total. The second-order valence-electron chi connectivity index (χ2n) is 5.23. The highest BCUT2D eigenvalue weighted by Gasteiger charge is 2.35. The van der Waals surface area contributed by atoms with Gasteiger partial charge in [-0.05, 0) is 12.8 Å². The number of amides is 1. The first-order valence-electron chi connectivity index (χ1n) is 6.93. The lowest BCUT2D eigenvalue weighted by atomic mass is 9.78. The Morgan fingerprint density at radius 1 is 1.40 bits per heavy atom. The Balaban J connectivity index is 1.84. The molecule has 2 atom stereocenters. The molecule has 1 amide bonds. The highest BCUT2D eigenvalue weighted by atomic mass is 16.4. The van der Waals surface area contributed by atoms with Crippen LogP contribution >= 0.6 is 0 Å². The van der Waals surface area contributed by atoms with Crippen molar-refractivity contribution < 1.29 is 14.7 Å². The number of carboxylic acid groups (broad SMARTS) is 1. The summed E-state index contributed by atoms with van der Waals surface area (Å²) in [7, 11) is 1.85. The molecule has 0 saturated heterocycles. The van der Waals surface area contributed by atoms with E-state index in [2.05, 4.69) is 15.5 Å². The van der Waals surface area contributed by atoms with Crippen molar-refractivity contribution in [3.05, 3.63) is 12.2 Å². The van der Waals surface area contributed by atoms with Crippen molar-refractivity contribution >= 4 is 11.9 Å². The summed E-state index contributed by atoms with van der Waals surface area (Å²) >= 11 is 0. The number of aliphatic carboxylic acids is 1. The zero-order valence-electron chi connectivity index (χ0n) is 11.6. The maximum absolute atomic E-state index is 12.1. The molecule has 1 saturated carbocycles. The summed E-state index contributed by atoms with van der Waals surface area (Å²) in [6, 6.07) is 0. The average Bonchev–Trinajstić information content (AvgIpc) is 2.84. The second kappa shape index (κ2) is 6.49. The summed E-state index contributed by atoms with van der Waals surface area (Å²) in [4.78, 5) is 23.3. The van der Waals surface area contributed by atoms with E-state index in [4.69, 9.17) is 5.11 Å². The van der Waals surface area contributed by atoms with Gasteiger partial charge in [0, 0.05) is 20.0 Å². The maximum atomic E-state index is 12.1. The number of nitrogens with one attached hydrogen (secondary N) is 1. The quantitative estimate of drug-likeness (QED) is 0.812. The molecule has 7 heteroatoms. The molecule has 1 aromatic rings. The molecule has 20 heavy (non-hydrogen) atoms. The van der Waals surface area contributed by atoms with Crippen molar-refractivity contribution in [1.82, 2.24) is 20.1 Å². The highest BCUT2D eigenvalue weighted by molar-refractivity contribution is 5.84. The molecular weight excluding hydrogens is 260 g/mol. The Hall–Kier alpha value is -1.92. The van der Waals surface area contributed by atoms with Crippen molar-refractivity contribution in [2.24, 2.45) is 18.9 Å². The number of nitrogens with zero attached hydrogens (tertiary/aromatic N) is 3. The largest absolute Gasteiger partial charge is 0.481 e. The Labute approximate surface area is 117 Å². The molecule has 0 aromatic carbocycles. The van der Waals surface area contributed by atoms with Crippen LogP contribution in [0.2, 0.25) is 0 Å². The summed E-state index contributed by atoms with van der Waals surface area (Å²) < 4.78 is 1.80. The van der Waals surface area contributed by atoms with E-state index in [0.717, 1.165) is 18.7 Å². The third kappa shape index (κ3) is 3.34. The molecule has 0 aliphatic heterocycles. The van der Waals surface area contributed by atoms with Gasteiger partial charge in [-0.2, -0.15) is 0 Å². The van der Waals surface area contributed by atoms with E-state index >= 15 is 0 Å². The number of carbonyl (C=O) groups excluding carboxylic acids is 1. The number of rotatable bonds is 5. The monoisotopic (exact) mass is 280 g/mol. The van der Waals surface area contributed by atoms with Crippen LogP contribution in [0, 0.1) is 11.8 Å². The van der Waals surface area contributed by atoms with E-state index in [-0.39, 0.29) is 5.91 Å². The van der Waals surface area contributed by atoms with Crippen molar-refractivity contribution in [3.8, 4) is 0 Å². The van der Waals surface area contributed by atoms with Crippen LogP contribution in [0.25, 0.3) is 0 Å². The van der Waals surface area contributed by atoms with Crippen LogP contribution < -0.4 is 5.32 Å². The lowest BCUT2D eigenvalue weighted by molar-refractivity contribution is -0.148. The zero-order chi connectivity index (χ0) is 14.5. The third-order valence-corrected chi connectivity index (χ3v) is 3.87. The van der Waals surface area contributed by atoms with Crippen molar-refractivity contribution in [2.75, 3.05) is 6.54 Å². The summed E-state index contributed by atoms with van der Waals surface area (Å²) in [5, 5.41) is 19.7. The molecular formula is C13H20N4O3. The Kier molecular flexibility index (Phi) is 4.70. The van der Waals surface area contributed by atoms with Gasteiger partial charge in [0.05, 0.1) is 11.8 Å². The van der Waals surface area contributed by atoms with Gasteiger partial charge >= 0.3 is 5.97 Å².